The highest BCUT2D eigenvalue weighted by molar-refractivity contribution is 5.30. The number of para-hydroxylation sites is 1. The summed E-state index contributed by atoms with van der Waals surface area (Å²) in [5, 5.41) is 8.08. The van der Waals surface area contributed by atoms with Crippen molar-refractivity contribution >= 4 is 0 Å². The fourth-order valence-corrected chi connectivity index (χ4v) is 1.35. The lowest BCUT2D eigenvalue weighted by Crippen LogP contribution is -1.93. The van der Waals surface area contributed by atoms with Crippen LogP contribution in [0.2, 0.25) is 0 Å². The highest BCUT2D eigenvalue weighted by Crippen LogP contribution is 2.27. The molecule has 0 saturated carbocycles. The molecule has 2 aromatic rings. The van der Waals surface area contributed by atoms with Gasteiger partial charge >= 0.3 is 0 Å². The molecular formula is C10H9N3O. The molecule has 4 nitrogen and oxygen atoms in total. The van der Waals surface area contributed by atoms with E-state index in [1.165, 1.54) is 0 Å². The van der Waals surface area contributed by atoms with Crippen LogP contribution in [0.15, 0.2) is 36.5 Å². The molecule has 0 unspecified atom stereocenters. The zero-order valence-corrected chi connectivity index (χ0v) is 7.50. The lowest BCUT2D eigenvalue weighted by Gasteiger charge is -1.96. The van der Waals surface area contributed by atoms with Crippen LogP contribution in [0.3, 0.4) is 0 Å². The number of epoxide rings is 1. The summed E-state index contributed by atoms with van der Waals surface area (Å²) in [6.45, 7) is 0.771. The Morgan fingerprint density at radius 3 is 2.79 bits per heavy atom. The Balaban J connectivity index is 1.96. The Morgan fingerprint density at radius 1 is 1.29 bits per heavy atom. The van der Waals surface area contributed by atoms with Gasteiger partial charge in [-0.15, -0.1) is 5.10 Å². The molecule has 2 heterocycles. The highest BCUT2D eigenvalue weighted by atomic mass is 16.6. The minimum Gasteiger partial charge on any atom is -0.366 e. The number of benzene rings is 1. The van der Waals surface area contributed by atoms with Gasteiger partial charge in [-0.25, -0.2) is 4.68 Å². The van der Waals surface area contributed by atoms with Crippen LogP contribution in [-0.2, 0) is 4.74 Å². The summed E-state index contributed by atoms with van der Waals surface area (Å²) in [6.07, 6.45) is 2.08. The Kier molecular flexibility index (Phi) is 1.61. The topological polar surface area (TPSA) is 43.2 Å². The summed E-state index contributed by atoms with van der Waals surface area (Å²) in [6, 6.07) is 9.92. The van der Waals surface area contributed by atoms with Crippen molar-refractivity contribution in [3.63, 3.8) is 0 Å². The quantitative estimate of drug-likeness (QED) is 0.666. The molecule has 0 aliphatic carbocycles. The molecule has 1 aliphatic heterocycles. The number of aromatic nitrogens is 3. The van der Waals surface area contributed by atoms with Crippen molar-refractivity contribution in [2.24, 2.45) is 0 Å². The molecule has 1 saturated heterocycles. The summed E-state index contributed by atoms with van der Waals surface area (Å²) < 4.78 is 6.89. The van der Waals surface area contributed by atoms with Crippen molar-refractivity contribution in [1.82, 2.24) is 15.0 Å². The molecule has 0 N–H and O–H groups in total. The van der Waals surface area contributed by atoms with E-state index in [9.17, 15) is 0 Å². The maximum Gasteiger partial charge on any atom is 0.126 e. The fraction of sp³-hybridized carbons (Fsp3) is 0.200. The third-order valence-electron chi connectivity index (χ3n) is 2.20. The molecule has 0 radical (unpaired) electrons. The summed E-state index contributed by atoms with van der Waals surface area (Å²) in [7, 11) is 0. The first-order valence-electron chi connectivity index (χ1n) is 4.53. The Labute approximate surface area is 81.1 Å². The number of hydrogen-bond donors (Lipinski definition) is 0. The Hall–Kier alpha value is -1.68. The van der Waals surface area contributed by atoms with E-state index in [1.54, 1.807) is 4.68 Å². The molecule has 4 heteroatoms. The number of ether oxygens (including phenoxy) is 1. The SMILES string of the molecule is c1ccc(-n2cc([C@H]3CO3)nn2)cc1. The zero-order chi connectivity index (χ0) is 9.38. The summed E-state index contributed by atoms with van der Waals surface area (Å²) in [5.74, 6) is 0. The van der Waals surface area contributed by atoms with E-state index in [2.05, 4.69) is 10.3 Å². The second-order valence-electron chi connectivity index (χ2n) is 3.25. The van der Waals surface area contributed by atoms with Gasteiger partial charge in [0.15, 0.2) is 0 Å². The second kappa shape index (κ2) is 2.92. The average molecular weight is 187 g/mol. The molecule has 1 atom stereocenters. The van der Waals surface area contributed by atoms with Crippen molar-refractivity contribution < 1.29 is 4.74 Å². The monoisotopic (exact) mass is 187 g/mol. The second-order valence-corrected chi connectivity index (χ2v) is 3.25. The summed E-state index contributed by atoms with van der Waals surface area (Å²) >= 11 is 0. The van der Waals surface area contributed by atoms with Crippen LogP contribution in [-0.4, -0.2) is 21.6 Å². The smallest absolute Gasteiger partial charge is 0.126 e. The lowest BCUT2D eigenvalue weighted by molar-refractivity contribution is 0.411. The van der Waals surface area contributed by atoms with Crippen LogP contribution < -0.4 is 0 Å². The molecule has 0 amide bonds. The van der Waals surface area contributed by atoms with Gasteiger partial charge in [-0.2, -0.15) is 0 Å². The molecule has 0 bridgehead atoms. The van der Waals surface area contributed by atoms with E-state index < -0.39 is 0 Å². The van der Waals surface area contributed by atoms with E-state index >= 15 is 0 Å². The Bertz CT molecular complexity index is 434. The van der Waals surface area contributed by atoms with Crippen LogP contribution in [0.4, 0.5) is 0 Å². The van der Waals surface area contributed by atoms with Gasteiger partial charge in [0.1, 0.15) is 11.8 Å². The predicted molar refractivity (Wildman–Crippen MR) is 50.1 cm³/mol. The number of rotatable bonds is 2. The number of hydrogen-bond acceptors (Lipinski definition) is 3. The first-order valence-corrected chi connectivity index (χ1v) is 4.53. The van der Waals surface area contributed by atoms with Crippen LogP contribution in [0.25, 0.3) is 5.69 Å². The molecule has 3 rings (SSSR count). The summed E-state index contributed by atoms with van der Waals surface area (Å²) in [4.78, 5) is 0. The van der Waals surface area contributed by atoms with Gasteiger partial charge in [-0.05, 0) is 12.1 Å². The minimum atomic E-state index is 0.174. The Morgan fingerprint density at radius 2 is 2.07 bits per heavy atom. The van der Waals surface area contributed by atoms with E-state index in [1.807, 2.05) is 36.5 Å². The molecular weight excluding hydrogens is 178 g/mol. The third kappa shape index (κ3) is 1.29. The molecule has 70 valence electrons. The van der Waals surface area contributed by atoms with Gasteiger partial charge in [0, 0.05) is 0 Å². The lowest BCUT2D eigenvalue weighted by atomic mass is 10.3. The van der Waals surface area contributed by atoms with Crippen LogP contribution >= 0.6 is 0 Å². The number of nitrogens with zero attached hydrogens (tertiary/aromatic N) is 3. The van der Waals surface area contributed by atoms with Gasteiger partial charge in [0.25, 0.3) is 0 Å². The molecule has 0 spiro atoms. The van der Waals surface area contributed by atoms with Crippen LogP contribution in [0, 0.1) is 0 Å². The van der Waals surface area contributed by atoms with Crippen molar-refractivity contribution in [2.45, 2.75) is 6.10 Å². The molecule has 1 aliphatic rings. The van der Waals surface area contributed by atoms with E-state index in [-0.39, 0.29) is 6.10 Å². The predicted octanol–water partition coefficient (Wildman–Crippen LogP) is 1.34. The first-order chi connectivity index (χ1) is 6.93. The van der Waals surface area contributed by atoms with Crippen molar-refractivity contribution in [2.75, 3.05) is 6.61 Å². The molecule has 1 aromatic heterocycles. The van der Waals surface area contributed by atoms with Gasteiger partial charge in [0.05, 0.1) is 18.5 Å². The van der Waals surface area contributed by atoms with Crippen molar-refractivity contribution in [1.29, 1.82) is 0 Å². The summed E-state index contributed by atoms with van der Waals surface area (Å²) in [5.41, 5.74) is 1.93. The van der Waals surface area contributed by atoms with Crippen LogP contribution in [0.1, 0.15) is 11.8 Å². The van der Waals surface area contributed by atoms with Crippen LogP contribution in [0.5, 0.6) is 0 Å². The minimum absolute atomic E-state index is 0.174. The molecule has 1 fully saturated rings. The maximum atomic E-state index is 5.13. The van der Waals surface area contributed by atoms with Gasteiger partial charge in [-0.1, -0.05) is 23.4 Å². The third-order valence-corrected chi connectivity index (χ3v) is 2.20. The standard InChI is InChI=1S/C10H9N3O/c1-2-4-8(5-3-1)13-6-9(11-12-13)10-7-14-10/h1-6,10H,7H2/t10-/m1/s1. The normalized spacial score (nSPS) is 19.6. The van der Waals surface area contributed by atoms with Crippen molar-refractivity contribution in [3.05, 3.63) is 42.2 Å². The molecule has 1 aromatic carbocycles. The van der Waals surface area contributed by atoms with Gasteiger partial charge in [0.2, 0.25) is 0 Å². The molecule has 14 heavy (non-hydrogen) atoms. The fourth-order valence-electron chi connectivity index (χ4n) is 1.35. The zero-order valence-electron chi connectivity index (χ0n) is 7.50. The van der Waals surface area contributed by atoms with E-state index in [0.717, 1.165) is 18.0 Å². The highest BCUT2D eigenvalue weighted by Gasteiger charge is 2.27. The maximum absolute atomic E-state index is 5.13. The van der Waals surface area contributed by atoms with Gasteiger partial charge in [-0.3, -0.25) is 0 Å². The van der Waals surface area contributed by atoms with Gasteiger partial charge < -0.3 is 4.74 Å². The van der Waals surface area contributed by atoms with E-state index in [4.69, 9.17) is 4.74 Å². The largest absolute Gasteiger partial charge is 0.366 e. The van der Waals surface area contributed by atoms with E-state index in [0.29, 0.717) is 0 Å². The first kappa shape index (κ1) is 7.70. The average Bonchev–Trinajstić information content (AvgIpc) is 2.98. The van der Waals surface area contributed by atoms with Crippen molar-refractivity contribution in [3.8, 4) is 5.69 Å².